The molecule has 0 aliphatic carbocycles. The molecular weight excluding hydrogens is 297 g/mol. The molecule has 0 N–H and O–H groups in total. The van der Waals surface area contributed by atoms with Crippen LogP contribution < -0.4 is 4.90 Å². The molecule has 0 aliphatic heterocycles. The van der Waals surface area contributed by atoms with Crippen LogP contribution in [0.25, 0.3) is 0 Å². The molecule has 2 nitrogen and oxygen atoms in total. The highest BCUT2D eigenvalue weighted by Gasteiger charge is 2.17. The summed E-state index contributed by atoms with van der Waals surface area (Å²) in [5.74, 6) is -0.900. The number of anilines is 1. The molecule has 0 aliphatic rings. The van der Waals surface area contributed by atoms with Gasteiger partial charge in [0.05, 0.1) is 5.56 Å². The first-order chi connectivity index (χ1) is 8.59. The van der Waals surface area contributed by atoms with Crippen LogP contribution in [-0.4, -0.2) is 13.0 Å². The Hall–Kier alpha value is -1.68. The number of carbonyl (C=O) groups is 1. The number of hydrogen-bond donors (Lipinski definition) is 0. The number of hydrogen-bond acceptors (Lipinski definition) is 1. The predicted molar refractivity (Wildman–Crippen MR) is 73.3 cm³/mol. The van der Waals surface area contributed by atoms with E-state index in [4.69, 9.17) is 0 Å². The monoisotopic (exact) mass is 307 g/mol. The Morgan fingerprint density at radius 1 is 1.17 bits per heavy atom. The van der Waals surface area contributed by atoms with E-state index in [0.29, 0.717) is 4.47 Å². The molecule has 0 aromatic heterocycles. The summed E-state index contributed by atoms with van der Waals surface area (Å²) in [7, 11) is 1.62. The van der Waals surface area contributed by atoms with Crippen LogP contribution in [0.1, 0.15) is 10.4 Å². The fourth-order valence-electron chi connectivity index (χ4n) is 1.61. The molecule has 0 saturated heterocycles. The highest BCUT2D eigenvalue weighted by Crippen LogP contribution is 2.19. The van der Waals surface area contributed by atoms with Crippen LogP contribution in [0.2, 0.25) is 0 Å². The van der Waals surface area contributed by atoms with E-state index >= 15 is 0 Å². The van der Waals surface area contributed by atoms with E-state index in [9.17, 15) is 9.18 Å². The second kappa shape index (κ2) is 5.31. The van der Waals surface area contributed by atoms with Gasteiger partial charge in [0.15, 0.2) is 0 Å². The second-order valence-electron chi connectivity index (χ2n) is 3.82. The summed E-state index contributed by atoms with van der Waals surface area (Å²) in [6, 6.07) is 13.5. The van der Waals surface area contributed by atoms with Crippen LogP contribution in [0.15, 0.2) is 53.0 Å². The topological polar surface area (TPSA) is 20.3 Å². The normalized spacial score (nSPS) is 10.2. The second-order valence-corrected chi connectivity index (χ2v) is 4.74. The van der Waals surface area contributed by atoms with Crippen molar-refractivity contribution >= 4 is 27.5 Å². The molecule has 0 unspecified atom stereocenters. The summed E-state index contributed by atoms with van der Waals surface area (Å²) in [6.07, 6.45) is 0. The molecule has 2 aromatic rings. The molecule has 0 bridgehead atoms. The van der Waals surface area contributed by atoms with E-state index in [1.165, 1.54) is 17.0 Å². The molecule has 0 radical (unpaired) electrons. The lowest BCUT2D eigenvalue weighted by molar-refractivity contribution is 0.0989. The molecule has 1 amide bonds. The summed E-state index contributed by atoms with van der Waals surface area (Å²) in [6.45, 7) is 0. The van der Waals surface area contributed by atoms with Crippen molar-refractivity contribution in [2.75, 3.05) is 11.9 Å². The zero-order valence-electron chi connectivity index (χ0n) is 9.73. The summed E-state index contributed by atoms with van der Waals surface area (Å²) in [5, 5.41) is 0. The number of carbonyl (C=O) groups excluding carboxylic acids is 1. The molecule has 2 aromatic carbocycles. The van der Waals surface area contributed by atoms with Crippen molar-refractivity contribution in [3.8, 4) is 0 Å². The minimum absolute atomic E-state index is 0.0598. The highest BCUT2D eigenvalue weighted by molar-refractivity contribution is 9.10. The SMILES string of the molecule is CN(C(=O)c1ccc(Br)cc1F)c1ccccc1. The minimum atomic E-state index is -0.530. The zero-order chi connectivity index (χ0) is 13.1. The van der Waals surface area contributed by atoms with Crippen molar-refractivity contribution < 1.29 is 9.18 Å². The predicted octanol–water partition coefficient (Wildman–Crippen LogP) is 3.86. The lowest BCUT2D eigenvalue weighted by Gasteiger charge is -2.17. The van der Waals surface area contributed by atoms with E-state index in [1.807, 2.05) is 18.2 Å². The summed E-state index contributed by atoms with van der Waals surface area (Å²) >= 11 is 3.16. The average Bonchev–Trinajstić information content (AvgIpc) is 2.38. The highest BCUT2D eigenvalue weighted by atomic mass is 79.9. The maximum Gasteiger partial charge on any atom is 0.260 e. The standard InChI is InChI=1S/C14H11BrFNO/c1-17(11-5-3-2-4-6-11)14(18)12-8-7-10(15)9-13(12)16/h2-9H,1H3. The van der Waals surface area contributed by atoms with Crippen molar-refractivity contribution in [3.05, 3.63) is 64.4 Å². The Morgan fingerprint density at radius 2 is 1.83 bits per heavy atom. The van der Waals surface area contributed by atoms with Gasteiger partial charge in [0.2, 0.25) is 0 Å². The van der Waals surface area contributed by atoms with Gasteiger partial charge in [-0.15, -0.1) is 0 Å². The fraction of sp³-hybridized carbons (Fsp3) is 0.0714. The molecule has 0 atom stereocenters. The maximum atomic E-state index is 13.7. The van der Waals surface area contributed by atoms with Crippen LogP contribution in [0.3, 0.4) is 0 Å². The number of para-hydroxylation sites is 1. The lowest BCUT2D eigenvalue weighted by Crippen LogP contribution is -2.27. The molecule has 92 valence electrons. The van der Waals surface area contributed by atoms with E-state index in [1.54, 1.807) is 25.2 Å². The van der Waals surface area contributed by atoms with Crippen molar-refractivity contribution in [1.82, 2.24) is 0 Å². The van der Waals surface area contributed by atoms with Gasteiger partial charge in [-0.2, -0.15) is 0 Å². The van der Waals surface area contributed by atoms with Gasteiger partial charge in [-0.25, -0.2) is 4.39 Å². The van der Waals surface area contributed by atoms with Gasteiger partial charge in [-0.1, -0.05) is 34.1 Å². The number of amides is 1. The van der Waals surface area contributed by atoms with E-state index in [0.717, 1.165) is 5.69 Å². The Kier molecular flexibility index (Phi) is 3.77. The van der Waals surface area contributed by atoms with E-state index in [2.05, 4.69) is 15.9 Å². The van der Waals surface area contributed by atoms with Gasteiger partial charge in [0, 0.05) is 17.2 Å². The lowest BCUT2D eigenvalue weighted by atomic mass is 10.2. The van der Waals surface area contributed by atoms with Gasteiger partial charge in [-0.05, 0) is 30.3 Å². The average molecular weight is 308 g/mol. The maximum absolute atomic E-state index is 13.7. The molecule has 0 saturated carbocycles. The largest absolute Gasteiger partial charge is 0.311 e. The van der Waals surface area contributed by atoms with Crippen molar-refractivity contribution in [2.24, 2.45) is 0 Å². The van der Waals surface area contributed by atoms with E-state index in [-0.39, 0.29) is 11.5 Å². The van der Waals surface area contributed by atoms with Crippen LogP contribution in [0.5, 0.6) is 0 Å². The third-order valence-electron chi connectivity index (χ3n) is 2.61. The Bertz CT molecular complexity index is 571. The number of halogens is 2. The van der Waals surface area contributed by atoms with Gasteiger partial charge in [-0.3, -0.25) is 4.79 Å². The van der Waals surface area contributed by atoms with Crippen LogP contribution in [0, 0.1) is 5.82 Å². The molecule has 0 spiro atoms. The quantitative estimate of drug-likeness (QED) is 0.825. The first kappa shape index (κ1) is 12.8. The van der Waals surface area contributed by atoms with Crippen LogP contribution in [-0.2, 0) is 0 Å². The molecular formula is C14H11BrFNO. The number of nitrogens with zero attached hydrogens (tertiary/aromatic N) is 1. The third kappa shape index (κ3) is 2.59. The van der Waals surface area contributed by atoms with Crippen LogP contribution in [0.4, 0.5) is 10.1 Å². The smallest absolute Gasteiger partial charge is 0.260 e. The Labute approximate surface area is 113 Å². The van der Waals surface area contributed by atoms with Gasteiger partial charge in [0.25, 0.3) is 5.91 Å². The summed E-state index contributed by atoms with van der Waals surface area (Å²) < 4.78 is 14.3. The van der Waals surface area contributed by atoms with Gasteiger partial charge < -0.3 is 4.90 Å². The van der Waals surface area contributed by atoms with E-state index < -0.39 is 5.82 Å². The first-order valence-corrected chi connectivity index (χ1v) is 6.17. The summed E-state index contributed by atoms with van der Waals surface area (Å²) in [5.41, 5.74) is 0.786. The van der Waals surface area contributed by atoms with Crippen molar-refractivity contribution in [1.29, 1.82) is 0 Å². The van der Waals surface area contributed by atoms with Crippen molar-refractivity contribution in [3.63, 3.8) is 0 Å². The molecule has 0 fully saturated rings. The van der Waals surface area contributed by atoms with Crippen LogP contribution >= 0.6 is 15.9 Å². The van der Waals surface area contributed by atoms with Gasteiger partial charge >= 0.3 is 0 Å². The Balaban J connectivity index is 2.32. The Morgan fingerprint density at radius 3 is 2.44 bits per heavy atom. The third-order valence-corrected chi connectivity index (χ3v) is 3.10. The molecule has 18 heavy (non-hydrogen) atoms. The molecule has 4 heteroatoms. The van der Waals surface area contributed by atoms with Gasteiger partial charge in [0.1, 0.15) is 5.82 Å². The van der Waals surface area contributed by atoms with Crippen molar-refractivity contribution in [2.45, 2.75) is 0 Å². The number of rotatable bonds is 2. The molecule has 0 heterocycles. The fourth-order valence-corrected chi connectivity index (χ4v) is 1.95. The zero-order valence-corrected chi connectivity index (χ0v) is 11.3. The number of benzene rings is 2. The minimum Gasteiger partial charge on any atom is -0.311 e. The first-order valence-electron chi connectivity index (χ1n) is 5.38. The molecule has 2 rings (SSSR count). The summed E-state index contributed by atoms with van der Waals surface area (Å²) in [4.78, 5) is 13.6.